The third kappa shape index (κ3) is 5.35. The van der Waals surface area contributed by atoms with E-state index in [1.807, 2.05) is 6.07 Å². The number of rotatable bonds is 6. The lowest BCUT2D eigenvalue weighted by atomic mass is 9.93. The van der Waals surface area contributed by atoms with Crippen LogP contribution in [-0.2, 0) is 4.79 Å². The van der Waals surface area contributed by atoms with Crippen molar-refractivity contribution >= 4 is 35.6 Å². The van der Waals surface area contributed by atoms with E-state index in [-0.39, 0.29) is 18.3 Å². The summed E-state index contributed by atoms with van der Waals surface area (Å²) in [6, 6.07) is 5.34. The van der Waals surface area contributed by atoms with Gasteiger partial charge >= 0.3 is 0 Å². The topological polar surface area (TPSA) is 87.5 Å². The van der Waals surface area contributed by atoms with Gasteiger partial charge in [0, 0.05) is 25.1 Å². The average molecular weight is 381 g/mol. The molecule has 0 aromatic heterocycles. The molecule has 0 atom stereocenters. The molecule has 2 aliphatic heterocycles. The Labute approximate surface area is 161 Å². The van der Waals surface area contributed by atoms with Gasteiger partial charge in [0.1, 0.15) is 0 Å². The zero-order chi connectivity index (χ0) is 17.6. The molecule has 2 aliphatic rings. The van der Waals surface area contributed by atoms with Gasteiger partial charge in [-0.2, -0.15) is 0 Å². The molecular weight excluding hydrogens is 352 g/mol. The molecule has 2 saturated heterocycles. The van der Waals surface area contributed by atoms with E-state index in [2.05, 4.69) is 15.5 Å². The zero-order valence-electron chi connectivity index (χ0n) is 15.1. The van der Waals surface area contributed by atoms with Gasteiger partial charge in [-0.25, -0.2) is 0 Å². The zero-order valence-corrected chi connectivity index (χ0v) is 15.9. The number of benzene rings is 1. The fourth-order valence-electron chi connectivity index (χ4n) is 3.74. The Hall–Kier alpha value is -1.79. The largest absolute Gasteiger partial charge is 0.370 e. The van der Waals surface area contributed by atoms with E-state index in [9.17, 15) is 9.59 Å². The monoisotopic (exact) mass is 380 g/mol. The number of carbonyl (C=O) groups is 2. The van der Waals surface area contributed by atoms with Crippen molar-refractivity contribution in [2.45, 2.75) is 38.5 Å². The molecular formula is C19H29ClN4O2. The molecule has 6 nitrogen and oxygen atoms in total. The highest BCUT2D eigenvalue weighted by Crippen LogP contribution is 2.30. The summed E-state index contributed by atoms with van der Waals surface area (Å²) >= 11 is 0. The predicted octanol–water partition coefficient (Wildman–Crippen LogP) is 2.53. The molecule has 144 valence electrons. The summed E-state index contributed by atoms with van der Waals surface area (Å²) in [5.41, 5.74) is 7.52. The van der Waals surface area contributed by atoms with Crippen molar-refractivity contribution in [1.29, 1.82) is 0 Å². The third-order valence-electron chi connectivity index (χ3n) is 5.24. The van der Waals surface area contributed by atoms with Crippen LogP contribution in [0.2, 0.25) is 0 Å². The van der Waals surface area contributed by atoms with Gasteiger partial charge in [0.15, 0.2) is 0 Å². The van der Waals surface area contributed by atoms with Crippen LogP contribution in [0.4, 0.5) is 11.4 Å². The van der Waals surface area contributed by atoms with Crippen LogP contribution in [0.5, 0.6) is 0 Å². The molecule has 0 radical (unpaired) electrons. The number of piperidine rings is 1. The van der Waals surface area contributed by atoms with Gasteiger partial charge in [0.2, 0.25) is 11.8 Å². The van der Waals surface area contributed by atoms with Crippen molar-refractivity contribution in [2.24, 2.45) is 11.7 Å². The number of nitrogens with one attached hydrogen (secondary N) is 2. The molecule has 2 amide bonds. The van der Waals surface area contributed by atoms with Crippen LogP contribution in [0.15, 0.2) is 18.2 Å². The fraction of sp³-hybridized carbons (Fsp3) is 0.579. The maximum atomic E-state index is 12.4. The number of hydrogen-bond acceptors (Lipinski definition) is 4. The van der Waals surface area contributed by atoms with E-state index in [0.717, 1.165) is 64.0 Å². The predicted molar refractivity (Wildman–Crippen MR) is 107 cm³/mol. The molecule has 1 aromatic carbocycles. The maximum Gasteiger partial charge on any atom is 0.248 e. The van der Waals surface area contributed by atoms with Gasteiger partial charge in [-0.1, -0.05) is 0 Å². The van der Waals surface area contributed by atoms with Crippen molar-refractivity contribution in [2.75, 3.05) is 36.4 Å². The van der Waals surface area contributed by atoms with Gasteiger partial charge in [-0.15, -0.1) is 12.4 Å². The first-order chi connectivity index (χ1) is 12.1. The number of nitrogens with two attached hydrogens (primary N) is 1. The van der Waals surface area contributed by atoms with Gasteiger partial charge in [-0.3, -0.25) is 9.59 Å². The van der Waals surface area contributed by atoms with Crippen LogP contribution in [0.1, 0.15) is 48.9 Å². The smallest absolute Gasteiger partial charge is 0.248 e. The molecule has 0 spiro atoms. The fourth-order valence-corrected chi connectivity index (χ4v) is 3.74. The van der Waals surface area contributed by atoms with E-state index in [0.29, 0.717) is 23.6 Å². The number of carbonyl (C=O) groups excluding carboxylic acids is 2. The standard InChI is InChI=1S/C19H28N4O2.ClH/c20-19(25)15-4-5-17(23-11-1-2-12-23)16(13-15)22-18(24)6-3-14-7-9-21-10-8-14;/h4-5,13-14,21H,1-3,6-12H2,(H2,20,25)(H,22,24);1H. The first-order valence-electron chi connectivity index (χ1n) is 9.33. The normalized spacial score (nSPS) is 17.6. The second-order valence-electron chi connectivity index (χ2n) is 7.07. The highest BCUT2D eigenvalue weighted by molar-refractivity contribution is 5.99. The Morgan fingerprint density at radius 1 is 1.19 bits per heavy atom. The van der Waals surface area contributed by atoms with Gasteiger partial charge in [0.05, 0.1) is 11.4 Å². The van der Waals surface area contributed by atoms with Gasteiger partial charge < -0.3 is 21.3 Å². The number of anilines is 2. The van der Waals surface area contributed by atoms with Crippen LogP contribution in [0.25, 0.3) is 0 Å². The molecule has 3 rings (SSSR count). The van der Waals surface area contributed by atoms with Crippen LogP contribution < -0.4 is 21.3 Å². The Morgan fingerprint density at radius 2 is 1.88 bits per heavy atom. The lowest BCUT2D eigenvalue weighted by Crippen LogP contribution is -2.28. The van der Waals surface area contributed by atoms with Crippen molar-refractivity contribution in [1.82, 2.24) is 5.32 Å². The summed E-state index contributed by atoms with van der Waals surface area (Å²) in [4.78, 5) is 26.2. The van der Waals surface area contributed by atoms with E-state index in [1.165, 1.54) is 0 Å². The summed E-state index contributed by atoms with van der Waals surface area (Å²) < 4.78 is 0. The second-order valence-corrected chi connectivity index (χ2v) is 7.07. The van der Waals surface area contributed by atoms with Crippen molar-refractivity contribution in [3.05, 3.63) is 23.8 Å². The molecule has 1 aromatic rings. The molecule has 0 aliphatic carbocycles. The number of halogens is 1. The molecule has 26 heavy (non-hydrogen) atoms. The Balaban J connectivity index is 0.00000243. The second kappa shape index (κ2) is 9.78. The highest BCUT2D eigenvalue weighted by Gasteiger charge is 2.19. The first kappa shape index (κ1) is 20.5. The van der Waals surface area contributed by atoms with Crippen LogP contribution in [-0.4, -0.2) is 38.0 Å². The van der Waals surface area contributed by atoms with Crippen LogP contribution in [0.3, 0.4) is 0 Å². The SMILES string of the molecule is Cl.NC(=O)c1ccc(N2CCCC2)c(NC(=O)CCC2CCNCC2)c1. The van der Waals surface area contributed by atoms with E-state index < -0.39 is 5.91 Å². The molecule has 2 heterocycles. The third-order valence-corrected chi connectivity index (χ3v) is 5.24. The summed E-state index contributed by atoms with van der Waals surface area (Å²) in [5.74, 6) is 0.167. The minimum atomic E-state index is -0.474. The van der Waals surface area contributed by atoms with E-state index in [1.54, 1.807) is 12.1 Å². The number of nitrogens with zero attached hydrogens (tertiary/aromatic N) is 1. The number of hydrogen-bond donors (Lipinski definition) is 3. The Bertz CT molecular complexity index is 626. The molecule has 4 N–H and O–H groups in total. The Morgan fingerprint density at radius 3 is 2.54 bits per heavy atom. The van der Waals surface area contributed by atoms with Crippen LogP contribution in [0, 0.1) is 5.92 Å². The maximum absolute atomic E-state index is 12.4. The molecule has 7 heteroatoms. The van der Waals surface area contributed by atoms with Crippen LogP contribution >= 0.6 is 12.4 Å². The first-order valence-corrected chi connectivity index (χ1v) is 9.33. The number of amides is 2. The van der Waals surface area contributed by atoms with E-state index >= 15 is 0 Å². The molecule has 0 bridgehead atoms. The lowest BCUT2D eigenvalue weighted by molar-refractivity contribution is -0.116. The van der Waals surface area contributed by atoms with Crippen molar-refractivity contribution < 1.29 is 9.59 Å². The quantitative estimate of drug-likeness (QED) is 0.707. The Kier molecular flexibility index (Phi) is 7.72. The molecule has 0 saturated carbocycles. The molecule has 2 fully saturated rings. The van der Waals surface area contributed by atoms with Crippen molar-refractivity contribution in [3.63, 3.8) is 0 Å². The van der Waals surface area contributed by atoms with Gasteiger partial charge in [-0.05, 0) is 69.3 Å². The summed E-state index contributed by atoms with van der Waals surface area (Å²) in [5, 5.41) is 6.37. The van der Waals surface area contributed by atoms with Crippen molar-refractivity contribution in [3.8, 4) is 0 Å². The lowest BCUT2D eigenvalue weighted by Gasteiger charge is -2.23. The molecule has 0 unspecified atom stereocenters. The highest BCUT2D eigenvalue weighted by atomic mass is 35.5. The number of primary amides is 1. The minimum absolute atomic E-state index is 0. The van der Waals surface area contributed by atoms with Gasteiger partial charge in [0.25, 0.3) is 0 Å². The minimum Gasteiger partial charge on any atom is -0.370 e. The van der Waals surface area contributed by atoms with E-state index in [4.69, 9.17) is 5.73 Å². The average Bonchev–Trinajstić information content (AvgIpc) is 3.15. The summed E-state index contributed by atoms with van der Waals surface area (Å²) in [6.45, 7) is 4.06. The summed E-state index contributed by atoms with van der Waals surface area (Å²) in [6.07, 6.45) is 6.03. The summed E-state index contributed by atoms with van der Waals surface area (Å²) in [7, 11) is 0.